The van der Waals surface area contributed by atoms with Crippen molar-refractivity contribution < 1.29 is 9.53 Å². The molecule has 0 radical (unpaired) electrons. The molecule has 2 fully saturated rings. The molecule has 0 aromatic carbocycles. The number of carbonyl (C=O) groups is 1. The second-order valence-corrected chi connectivity index (χ2v) is 6.54. The van der Waals surface area contributed by atoms with E-state index in [0.717, 1.165) is 19.0 Å². The second kappa shape index (κ2) is 7.12. The Balaban J connectivity index is 1.63. The number of aromatic nitrogens is 2. The third-order valence-electron chi connectivity index (χ3n) is 4.71. The highest BCUT2D eigenvalue weighted by molar-refractivity contribution is 5.87. The van der Waals surface area contributed by atoms with Crippen LogP contribution in [0.1, 0.15) is 19.3 Å². The van der Waals surface area contributed by atoms with Crippen molar-refractivity contribution in [1.29, 1.82) is 0 Å². The van der Waals surface area contributed by atoms with E-state index in [2.05, 4.69) is 15.3 Å². The number of nitrogens with one attached hydrogen (secondary N) is 1. The molecule has 2 aliphatic rings. The van der Waals surface area contributed by atoms with E-state index in [4.69, 9.17) is 4.74 Å². The maximum atomic E-state index is 12.5. The molecule has 126 valence electrons. The number of ether oxygens (including phenoxy) is 1. The molecule has 1 N–H and O–H groups in total. The normalized spacial score (nSPS) is 22.2. The molecule has 1 aliphatic carbocycles. The lowest BCUT2D eigenvalue weighted by Gasteiger charge is -2.34. The number of nitrogens with zero attached hydrogens (tertiary/aromatic N) is 4. The molecule has 1 aromatic heterocycles. The van der Waals surface area contributed by atoms with Gasteiger partial charge < -0.3 is 14.5 Å². The minimum absolute atomic E-state index is 0.143. The molecule has 1 saturated heterocycles. The van der Waals surface area contributed by atoms with Crippen LogP contribution in [0, 0.1) is 11.8 Å². The van der Waals surface area contributed by atoms with Gasteiger partial charge in [-0.15, -0.1) is 0 Å². The number of urea groups is 1. The first-order chi connectivity index (χ1) is 11.1. The molecule has 23 heavy (non-hydrogen) atoms. The Bertz CT molecular complexity index is 547. The first-order valence-electron chi connectivity index (χ1n) is 8.27. The van der Waals surface area contributed by atoms with Crippen LogP contribution in [-0.2, 0) is 4.74 Å². The summed E-state index contributed by atoms with van der Waals surface area (Å²) in [6.07, 6.45) is 5.48. The summed E-state index contributed by atoms with van der Waals surface area (Å²) in [4.78, 5) is 24.7. The predicted molar refractivity (Wildman–Crippen MR) is 88.6 cm³/mol. The number of anilines is 2. The van der Waals surface area contributed by atoms with Crippen molar-refractivity contribution in [2.24, 2.45) is 11.8 Å². The zero-order valence-corrected chi connectivity index (χ0v) is 13.9. The van der Waals surface area contributed by atoms with E-state index in [9.17, 15) is 4.79 Å². The summed E-state index contributed by atoms with van der Waals surface area (Å²) in [6.45, 7) is 2.72. The van der Waals surface area contributed by atoms with Crippen LogP contribution < -0.4 is 10.2 Å². The Kier molecular flexibility index (Phi) is 4.95. The smallest absolute Gasteiger partial charge is 0.324 e. The van der Waals surface area contributed by atoms with E-state index in [0.29, 0.717) is 30.9 Å². The summed E-state index contributed by atoms with van der Waals surface area (Å²) in [6, 6.07) is 1.66. The highest BCUT2D eigenvalue weighted by Gasteiger charge is 2.32. The monoisotopic (exact) mass is 319 g/mol. The molecule has 2 amide bonds. The molecule has 7 nitrogen and oxygen atoms in total. The third kappa shape index (κ3) is 3.90. The number of rotatable bonds is 3. The van der Waals surface area contributed by atoms with Gasteiger partial charge in [-0.2, -0.15) is 4.98 Å². The Morgan fingerprint density at radius 1 is 1.39 bits per heavy atom. The Hall–Kier alpha value is -1.89. The number of hydrogen-bond donors (Lipinski definition) is 1. The zero-order chi connectivity index (χ0) is 16.2. The van der Waals surface area contributed by atoms with Crippen molar-refractivity contribution in [3.8, 4) is 0 Å². The largest absolute Gasteiger partial charge is 0.379 e. The SMILES string of the molecule is CN(C)c1ccnc(NC(=O)N2CCOCC(C3CCC3)C2)n1. The first-order valence-corrected chi connectivity index (χ1v) is 8.27. The maximum absolute atomic E-state index is 12.5. The second-order valence-electron chi connectivity index (χ2n) is 6.54. The summed E-state index contributed by atoms with van der Waals surface area (Å²) < 4.78 is 5.69. The fourth-order valence-electron chi connectivity index (χ4n) is 3.05. The maximum Gasteiger partial charge on any atom is 0.324 e. The minimum Gasteiger partial charge on any atom is -0.379 e. The van der Waals surface area contributed by atoms with Crippen LogP contribution in [0.3, 0.4) is 0 Å². The van der Waals surface area contributed by atoms with Gasteiger partial charge in [0.15, 0.2) is 0 Å². The summed E-state index contributed by atoms with van der Waals surface area (Å²) in [5, 5.41) is 2.81. The summed E-state index contributed by atoms with van der Waals surface area (Å²) in [7, 11) is 3.81. The molecule has 1 aromatic rings. The van der Waals surface area contributed by atoms with Crippen LogP contribution in [0.5, 0.6) is 0 Å². The van der Waals surface area contributed by atoms with Crippen molar-refractivity contribution in [2.75, 3.05) is 50.6 Å². The molecule has 0 spiro atoms. The van der Waals surface area contributed by atoms with Crippen LogP contribution in [0.25, 0.3) is 0 Å². The van der Waals surface area contributed by atoms with Gasteiger partial charge >= 0.3 is 6.03 Å². The van der Waals surface area contributed by atoms with E-state index < -0.39 is 0 Å². The number of carbonyl (C=O) groups excluding carboxylic acids is 1. The van der Waals surface area contributed by atoms with Gasteiger partial charge in [-0.3, -0.25) is 5.32 Å². The summed E-state index contributed by atoms with van der Waals surface area (Å²) in [5.41, 5.74) is 0. The number of amides is 2. The van der Waals surface area contributed by atoms with E-state index >= 15 is 0 Å². The van der Waals surface area contributed by atoms with Crippen LogP contribution in [0.2, 0.25) is 0 Å². The van der Waals surface area contributed by atoms with E-state index in [1.54, 1.807) is 6.20 Å². The molecule has 1 unspecified atom stereocenters. The van der Waals surface area contributed by atoms with Gasteiger partial charge in [0.05, 0.1) is 13.2 Å². The highest BCUT2D eigenvalue weighted by atomic mass is 16.5. The van der Waals surface area contributed by atoms with Crippen LogP contribution >= 0.6 is 0 Å². The summed E-state index contributed by atoms with van der Waals surface area (Å²) >= 11 is 0. The lowest BCUT2D eigenvalue weighted by Crippen LogP contribution is -2.41. The fraction of sp³-hybridized carbons (Fsp3) is 0.688. The topological polar surface area (TPSA) is 70.6 Å². The first kappa shape index (κ1) is 16.0. The molecule has 1 aliphatic heterocycles. The van der Waals surface area contributed by atoms with Crippen LogP contribution in [0.4, 0.5) is 16.6 Å². The lowest BCUT2D eigenvalue weighted by molar-refractivity contribution is 0.0776. The minimum atomic E-state index is -0.143. The Morgan fingerprint density at radius 2 is 2.22 bits per heavy atom. The standard InChI is InChI=1S/C16H25N5O2/c1-20(2)14-6-7-17-15(18-14)19-16(22)21-8-9-23-11-13(10-21)12-4-3-5-12/h6-7,12-13H,3-5,8-11H2,1-2H3,(H,17,18,19,22). The molecule has 7 heteroatoms. The molecule has 0 bridgehead atoms. The Labute approximate surface area is 137 Å². The van der Waals surface area contributed by atoms with E-state index in [1.165, 1.54) is 19.3 Å². The predicted octanol–water partition coefficient (Wildman–Crippen LogP) is 1.82. The fourth-order valence-corrected chi connectivity index (χ4v) is 3.05. The average molecular weight is 319 g/mol. The van der Waals surface area contributed by atoms with Gasteiger partial charge in [-0.25, -0.2) is 9.78 Å². The van der Waals surface area contributed by atoms with Gasteiger partial charge in [-0.1, -0.05) is 19.3 Å². The van der Waals surface area contributed by atoms with Crippen molar-refractivity contribution in [3.05, 3.63) is 12.3 Å². The van der Waals surface area contributed by atoms with E-state index in [1.807, 2.05) is 30.0 Å². The highest BCUT2D eigenvalue weighted by Crippen LogP contribution is 2.34. The quantitative estimate of drug-likeness (QED) is 0.920. The Morgan fingerprint density at radius 3 is 2.91 bits per heavy atom. The summed E-state index contributed by atoms with van der Waals surface area (Å²) in [5.74, 6) is 2.26. The average Bonchev–Trinajstić information content (AvgIpc) is 2.72. The molecule has 2 heterocycles. The molecule has 1 atom stereocenters. The van der Waals surface area contributed by atoms with Crippen LogP contribution in [0.15, 0.2) is 12.3 Å². The zero-order valence-electron chi connectivity index (χ0n) is 13.9. The molecule has 1 saturated carbocycles. The van der Waals surface area contributed by atoms with Crippen molar-refractivity contribution in [1.82, 2.24) is 14.9 Å². The van der Waals surface area contributed by atoms with Gasteiger partial charge in [-0.05, 0) is 12.0 Å². The lowest BCUT2D eigenvalue weighted by atomic mass is 9.76. The van der Waals surface area contributed by atoms with E-state index in [-0.39, 0.29) is 6.03 Å². The molecular formula is C16H25N5O2. The molecular weight excluding hydrogens is 294 g/mol. The van der Waals surface area contributed by atoms with Gasteiger partial charge in [0.2, 0.25) is 5.95 Å². The molecule has 3 rings (SSSR count). The van der Waals surface area contributed by atoms with Crippen molar-refractivity contribution >= 4 is 17.8 Å². The van der Waals surface area contributed by atoms with Crippen molar-refractivity contribution in [3.63, 3.8) is 0 Å². The van der Waals surface area contributed by atoms with Gasteiger partial charge in [0.1, 0.15) is 5.82 Å². The van der Waals surface area contributed by atoms with Crippen LogP contribution in [-0.4, -0.2) is 61.3 Å². The third-order valence-corrected chi connectivity index (χ3v) is 4.71. The number of hydrogen-bond acceptors (Lipinski definition) is 5. The van der Waals surface area contributed by atoms with Crippen molar-refractivity contribution in [2.45, 2.75) is 19.3 Å². The van der Waals surface area contributed by atoms with Gasteiger partial charge in [0.25, 0.3) is 0 Å². The van der Waals surface area contributed by atoms with Gasteiger partial charge in [0, 0.05) is 39.3 Å².